The predicted octanol–water partition coefficient (Wildman–Crippen LogP) is 3.35. The molecule has 0 unspecified atom stereocenters. The van der Waals surface area contributed by atoms with E-state index in [2.05, 4.69) is 22.3 Å². The van der Waals surface area contributed by atoms with Crippen molar-refractivity contribution >= 4 is 5.91 Å². The van der Waals surface area contributed by atoms with Crippen molar-refractivity contribution in [3.8, 4) is 0 Å². The Morgan fingerprint density at radius 2 is 1.78 bits per heavy atom. The highest BCUT2D eigenvalue weighted by Gasteiger charge is 2.12. The highest BCUT2D eigenvalue weighted by molar-refractivity contribution is 5.94. The van der Waals surface area contributed by atoms with E-state index in [0.717, 1.165) is 25.2 Å². The van der Waals surface area contributed by atoms with Crippen LogP contribution in [0.4, 0.5) is 4.39 Å². The van der Waals surface area contributed by atoms with Crippen molar-refractivity contribution in [1.82, 2.24) is 10.2 Å². The molecule has 3 nitrogen and oxygen atoms in total. The molecule has 1 N–H and O–H groups in total. The van der Waals surface area contributed by atoms with Crippen LogP contribution in [0.5, 0.6) is 0 Å². The second kappa shape index (κ2) is 7.38. The molecule has 1 aliphatic rings. The van der Waals surface area contributed by atoms with Crippen LogP contribution in [0.15, 0.2) is 48.5 Å². The number of nitrogens with one attached hydrogen (secondary N) is 1. The maximum Gasteiger partial charge on any atom is 0.254 e. The topological polar surface area (TPSA) is 32.3 Å². The molecule has 1 fully saturated rings. The van der Waals surface area contributed by atoms with Gasteiger partial charge in [0.2, 0.25) is 0 Å². The van der Waals surface area contributed by atoms with Gasteiger partial charge in [0.25, 0.3) is 5.91 Å². The van der Waals surface area contributed by atoms with E-state index in [0.29, 0.717) is 6.54 Å². The fourth-order valence-corrected chi connectivity index (χ4v) is 2.96. The number of halogens is 1. The quantitative estimate of drug-likeness (QED) is 0.918. The Labute approximate surface area is 136 Å². The Bertz CT molecular complexity index is 681. The Morgan fingerprint density at radius 3 is 2.57 bits per heavy atom. The monoisotopic (exact) mass is 312 g/mol. The zero-order valence-electron chi connectivity index (χ0n) is 13.1. The fourth-order valence-electron chi connectivity index (χ4n) is 2.96. The molecule has 120 valence electrons. The van der Waals surface area contributed by atoms with Gasteiger partial charge in [-0.15, -0.1) is 0 Å². The average Bonchev–Trinajstić information content (AvgIpc) is 3.06. The number of rotatable bonds is 5. The number of carbonyl (C=O) groups is 1. The molecular weight excluding hydrogens is 291 g/mol. The number of carbonyl (C=O) groups excluding carboxylic acids is 1. The number of nitrogens with zero attached hydrogens (tertiary/aromatic N) is 1. The Hall–Kier alpha value is -2.20. The van der Waals surface area contributed by atoms with Crippen molar-refractivity contribution in [2.45, 2.75) is 25.9 Å². The number of likely N-dealkylation sites (tertiary alicyclic amines) is 1. The number of hydrogen-bond acceptors (Lipinski definition) is 2. The Kier molecular flexibility index (Phi) is 5.03. The van der Waals surface area contributed by atoms with Gasteiger partial charge >= 0.3 is 0 Å². The van der Waals surface area contributed by atoms with Gasteiger partial charge < -0.3 is 5.32 Å². The van der Waals surface area contributed by atoms with E-state index >= 15 is 0 Å². The summed E-state index contributed by atoms with van der Waals surface area (Å²) in [6, 6.07) is 14.2. The van der Waals surface area contributed by atoms with Crippen molar-refractivity contribution in [3.05, 3.63) is 71.0 Å². The van der Waals surface area contributed by atoms with Gasteiger partial charge in [-0.2, -0.15) is 0 Å². The lowest BCUT2D eigenvalue weighted by molar-refractivity contribution is 0.0947. The summed E-state index contributed by atoms with van der Waals surface area (Å²) < 4.78 is 13.6. The molecule has 0 bridgehead atoms. The minimum atomic E-state index is -0.493. The molecule has 0 aromatic heterocycles. The second-order valence-corrected chi connectivity index (χ2v) is 5.97. The first-order valence-electron chi connectivity index (χ1n) is 8.05. The summed E-state index contributed by atoms with van der Waals surface area (Å²) in [7, 11) is 0. The third kappa shape index (κ3) is 4.17. The van der Waals surface area contributed by atoms with Gasteiger partial charge in [0.1, 0.15) is 5.82 Å². The lowest BCUT2D eigenvalue weighted by atomic mass is 10.1. The van der Waals surface area contributed by atoms with Crippen molar-refractivity contribution in [2.24, 2.45) is 0 Å². The smallest absolute Gasteiger partial charge is 0.254 e. The summed E-state index contributed by atoms with van der Waals surface area (Å²) in [6.45, 7) is 3.68. The third-order valence-electron chi connectivity index (χ3n) is 4.17. The van der Waals surface area contributed by atoms with Crippen LogP contribution in [0.3, 0.4) is 0 Å². The van der Waals surface area contributed by atoms with Crippen molar-refractivity contribution in [2.75, 3.05) is 13.1 Å². The van der Waals surface area contributed by atoms with E-state index in [4.69, 9.17) is 0 Å². The zero-order valence-corrected chi connectivity index (χ0v) is 13.1. The van der Waals surface area contributed by atoms with Crippen LogP contribution in [0.1, 0.15) is 34.3 Å². The number of hydrogen-bond donors (Lipinski definition) is 1. The summed E-state index contributed by atoms with van der Waals surface area (Å²) in [5.74, 6) is -0.874. The van der Waals surface area contributed by atoms with Gasteiger partial charge in [-0.25, -0.2) is 4.39 Å². The summed E-state index contributed by atoms with van der Waals surface area (Å²) >= 11 is 0. The minimum absolute atomic E-state index is 0.0840. The van der Waals surface area contributed by atoms with E-state index in [1.165, 1.54) is 30.5 Å². The average molecular weight is 312 g/mol. The molecule has 0 aliphatic carbocycles. The molecule has 2 aromatic carbocycles. The molecule has 1 heterocycles. The summed E-state index contributed by atoms with van der Waals surface area (Å²) in [4.78, 5) is 14.5. The SMILES string of the molecule is O=C(NCc1cccc(CN2CCCC2)c1)c1ccccc1F. The van der Waals surface area contributed by atoms with Gasteiger partial charge in [0.05, 0.1) is 5.56 Å². The molecule has 1 aliphatic heterocycles. The van der Waals surface area contributed by atoms with Gasteiger partial charge in [-0.3, -0.25) is 9.69 Å². The van der Waals surface area contributed by atoms with Crippen molar-refractivity contribution in [1.29, 1.82) is 0 Å². The zero-order chi connectivity index (χ0) is 16.1. The molecule has 0 radical (unpaired) electrons. The number of benzene rings is 2. The maximum absolute atomic E-state index is 13.6. The van der Waals surface area contributed by atoms with Crippen LogP contribution < -0.4 is 5.32 Å². The Morgan fingerprint density at radius 1 is 1.04 bits per heavy atom. The van der Waals surface area contributed by atoms with E-state index in [-0.39, 0.29) is 11.5 Å². The first-order chi connectivity index (χ1) is 11.2. The molecule has 0 spiro atoms. The van der Waals surface area contributed by atoms with Crippen LogP contribution in [-0.2, 0) is 13.1 Å². The highest BCUT2D eigenvalue weighted by atomic mass is 19.1. The Balaban J connectivity index is 1.59. The lowest BCUT2D eigenvalue weighted by Crippen LogP contribution is -2.24. The first-order valence-corrected chi connectivity index (χ1v) is 8.05. The summed E-state index contributed by atoms with van der Waals surface area (Å²) in [6.07, 6.45) is 2.55. The molecule has 23 heavy (non-hydrogen) atoms. The standard InChI is InChI=1S/C19H21FN2O/c20-18-9-2-1-8-17(18)19(23)21-13-15-6-5-7-16(12-15)14-22-10-3-4-11-22/h1-2,5-9,12H,3-4,10-11,13-14H2,(H,21,23). The predicted molar refractivity (Wildman–Crippen MR) is 88.5 cm³/mol. The third-order valence-corrected chi connectivity index (χ3v) is 4.17. The van der Waals surface area contributed by atoms with E-state index in [9.17, 15) is 9.18 Å². The fraction of sp³-hybridized carbons (Fsp3) is 0.316. The summed E-state index contributed by atoms with van der Waals surface area (Å²) in [5.41, 5.74) is 2.37. The highest BCUT2D eigenvalue weighted by Crippen LogP contribution is 2.14. The maximum atomic E-state index is 13.6. The minimum Gasteiger partial charge on any atom is -0.348 e. The van der Waals surface area contributed by atoms with Crippen molar-refractivity contribution < 1.29 is 9.18 Å². The van der Waals surface area contributed by atoms with Gasteiger partial charge in [0.15, 0.2) is 0 Å². The van der Waals surface area contributed by atoms with E-state index < -0.39 is 5.82 Å². The van der Waals surface area contributed by atoms with Crippen LogP contribution in [0.2, 0.25) is 0 Å². The lowest BCUT2D eigenvalue weighted by Gasteiger charge is -2.15. The molecule has 1 amide bonds. The van der Waals surface area contributed by atoms with Gasteiger partial charge in [-0.05, 0) is 49.2 Å². The van der Waals surface area contributed by atoms with Crippen molar-refractivity contribution in [3.63, 3.8) is 0 Å². The normalized spacial score (nSPS) is 14.8. The number of amides is 1. The van der Waals surface area contributed by atoms with Crippen LogP contribution in [-0.4, -0.2) is 23.9 Å². The molecule has 4 heteroatoms. The van der Waals surface area contributed by atoms with Crippen LogP contribution in [0, 0.1) is 5.82 Å². The summed E-state index contributed by atoms with van der Waals surface area (Å²) in [5, 5.41) is 2.78. The van der Waals surface area contributed by atoms with E-state index in [1.807, 2.05) is 12.1 Å². The molecule has 1 saturated heterocycles. The molecule has 3 rings (SSSR count). The first kappa shape index (κ1) is 15.7. The van der Waals surface area contributed by atoms with Gasteiger partial charge in [-0.1, -0.05) is 36.4 Å². The van der Waals surface area contributed by atoms with Crippen LogP contribution in [0.25, 0.3) is 0 Å². The molecular formula is C19H21FN2O. The molecule has 0 atom stereocenters. The van der Waals surface area contributed by atoms with E-state index in [1.54, 1.807) is 12.1 Å². The van der Waals surface area contributed by atoms with Gasteiger partial charge in [0, 0.05) is 13.1 Å². The largest absolute Gasteiger partial charge is 0.348 e. The second-order valence-electron chi connectivity index (χ2n) is 5.97. The van der Waals surface area contributed by atoms with Crippen LogP contribution >= 0.6 is 0 Å². The molecule has 0 saturated carbocycles. The molecule has 2 aromatic rings.